The van der Waals surface area contributed by atoms with Crippen LogP contribution in [0.3, 0.4) is 0 Å². The number of hydrogen-bond acceptors (Lipinski definition) is 4. The SMILES string of the molecule is CCC(NC1CCS(=O)(=O)C1)c1ccccc1OC. The number of hydrogen-bond donors (Lipinski definition) is 1. The number of benzene rings is 1. The molecule has 1 heterocycles. The van der Waals surface area contributed by atoms with E-state index < -0.39 is 9.84 Å². The fourth-order valence-corrected chi connectivity index (χ4v) is 4.28. The third-order valence-electron chi connectivity index (χ3n) is 3.59. The third kappa shape index (κ3) is 3.48. The van der Waals surface area contributed by atoms with Crippen LogP contribution in [0.1, 0.15) is 31.4 Å². The highest BCUT2D eigenvalue weighted by atomic mass is 32.2. The Bertz CT molecular complexity index is 527. The zero-order valence-corrected chi connectivity index (χ0v) is 12.2. The molecule has 2 atom stereocenters. The van der Waals surface area contributed by atoms with Gasteiger partial charge in [0, 0.05) is 17.6 Å². The number of nitrogens with one attached hydrogen (secondary N) is 1. The van der Waals surface area contributed by atoms with Crippen LogP contribution in [0.2, 0.25) is 0 Å². The van der Waals surface area contributed by atoms with Crippen LogP contribution in [0.15, 0.2) is 24.3 Å². The number of methoxy groups -OCH3 is 1. The molecule has 0 saturated carbocycles. The molecule has 1 fully saturated rings. The van der Waals surface area contributed by atoms with Crippen molar-refractivity contribution in [3.05, 3.63) is 29.8 Å². The summed E-state index contributed by atoms with van der Waals surface area (Å²) >= 11 is 0. The van der Waals surface area contributed by atoms with Gasteiger partial charge in [-0.1, -0.05) is 25.1 Å². The van der Waals surface area contributed by atoms with Gasteiger partial charge >= 0.3 is 0 Å². The van der Waals surface area contributed by atoms with Gasteiger partial charge in [-0.15, -0.1) is 0 Å². The molecule has 1 aromatic rings. The highest BCUT2D eigenvalue weighted by Gasteiger charge is 2.29. The lowest BCUT2D eigenvalue weighted by atomic mass is 10.0. The van der Waals surface area contributed by atoms with Gasteiger partial charge in [0.05, 0.1) is 18.6 Å². The van der Waals surface area contributed by atoms with Crippen LogP contribution in [0.4, 0.5) is 0 Å². The van der Waals surface area contributed by atoms with Crippen LogP contribution in [0.25, 0.3) is 0 Å². The molecule has 2 unspecified atom stereocenters. The first-order chi connectivity index (χ1) is 9.05. The summed E-state index contributed by atoms with van der Waals surface area (Å²) in [6.07, 6.45) is 1.60. The molecule has 1 aliphatic rings. The van der Waals surface area contributed by atoms with Crippen molar-refractivity contribution >= 4 is 9.84 Å². The van der Waals surface area contributed by atoms with E-state index in [1.807, 2.05) is 24.3 Å². The summed E-state index contributed by atoms with van der Waals surface area (Å²) in [7, 11) is -1.18. The van der Waals surface area contributed by atoms with E-state index in [4.69, 9.17) is 4.74 Å². The van der Waals surface area contributed by atoms with Crippen molar-refractivity contribution in [1.82, 2.24) is 5.32 Å². The average Bonchev–Trinajstić information content (AvgIpc) is 2.75. The van der Waals surface area contributed by atoms with E-state index >= 15 is 0 Å². The Hall–Kier alpha value is -1.07. The maximum Gasteiger partial charge on any atom is 0.151 e. The van der Waals surface area contributed by atoms with Gasteiger partial charge in [-0.3, -0.25) is 0 Å². The minimum atomic E-state index is -2.84. The molecule has 0 radical (unpaired) electrons. The van der Waals surface area contributed by atoms with E-state index in [-0.39, 0.29) is 17.8 Å². The van der Waals surface area contributed by atoms with Gasteiger partial charge in [0.25, 0.3) is 0 Å². The van der Waals surface area contributed by atoms with Gasteiger partial charge in [-0.2, -0.15) is 0 Å². The molecule has 106 valence electrons. The second-order valence-electron chi connectivity index (χ2n) is 4.97. The van der Waals surface area contributed by atoms with Crippen molar-refractivity contribution in [1.29, 1.82) is 0 Å². The maximum absolute atomic E-state index is 11.5. The average molecular weight is 283 g/mol. The van der Waals surface area contributed by atoms with Gasteiger partial charge in [0.15, 0.2) is 9.84 Å². The van der Waals surface area contributed by atoms with Crippen molar-refractivity contribution in [2.75, 3.05) is 18.6 Å². The van der Waals surface area contributed by atoms with Crippen LogP contribution in [0.5, 0.6) is 5.75 Å². The molecule has 5 heteroatoms. The Balaban J connectivity index is 2.12. The Morgan fingerprint density at radius 2 is 2.16 bits per heavy atom. The second kappa shape index (κ2) is 5.92. The molecular weight excluding hydrogens is 262 g/mol. The first-order valence-corrected chi connectivity index (χ1v) is 8.47. The summed E-state index contributed by atoms with van der Waals surface area (Å²) in [6, 6.07) is 8.08. The third-order valence-corrected chi connectivity index (χ3v) is 5.36. The molecule has 2 rings (SSSR count). The molecule has 0 amide bonds. The summed E-state index contributed by atoms with van der Waals surface area (Å²) in [6.45, 7) is 2.09. The molecule has 1 aliphatic heterocycles. The van der Waals surface area contributed by atoms with Crippen LogP contribution in [-0.4, -0.2) is 33.1 Å². The van der Waals surface area contributed by atoms with Crippen LogP contribution in [0, 0.1) is 0 Å². The Kier molecular flexibility index (Phi) is 4.47. The van der Waals surface area contributed by atoms with Crippen molar-refractivity contribution in [2.24, 2.45) is 0 Å². The molecule has 19 heavy (non-hydrogen) atoms. The number of sulfone groups is 1. The highest BCUT2D eigenvalue weighted by molar-refractivity contribution is 7.91. The normalized spacial score (nSPS) is 23.2. The van der Waals surface area contributed by atoms with Gasteiger partial charge in [0.2, 0.25) is 0 Å². The largest absolute Gasteiger partial charge is 0.496 e. The molecule has 0 bridgehead atoms. The van der Waals surface area contributed by atoms with Crippen LogP contribution >= 0.6 is 0 Å². The summed E-state index contributed by atoms with van der Waals surface area (Å²) < 4.78 is 28.4. The molecule has 1 saturated heterocycles. The maximum atomic E-state index is 11.5. The second-order valence-corrected chi connectivity index (χ2v) is 7.20. The summed E-state index contributed by atoms with van der Waals surface area (Å²) in [4.78, 5) is 0. The van der Waals surface area contributed by atoms with E-state index in [1.165, 1.54) is 0 Å². The summed E-state index contributed by atoms with van der Waals surface area (Å²) in [5.41, 5.74) is 1.09. The Labute approximate surface area is 115 Å². The molecule has 0 aromatic heterocycles. The lowest BCUT2D eigenvalue weighted by molar-refractivity contribution is 0.387. The predicted octanol–water partition coefficient (Wildman–Crippen LogP) is 1.92. The summed E-state index contributed by atoms with van der Waals surface area (Å²) in [5.74, 6) is 1.40. The van der Waals surface area contributed by atoms with E-state index in [9.17, 15) is 8.42 Å². The zero-order chi connectivity index (χ0) is 13.9. The standard InChI is InChI=1S/C14H21NO3S/c1-3-13(12-6-4-5-7-14(12)18-2)15-11-8-9-19(16,17)10-11/h4-7,11,13,15H,3,8-10H2,1-2H3. The topological polar surface area (TPSA) is 55.4 Å². The number of ether oxygens (including phenoxy) is 1. The Morgan fingerprint density at radius 1 is 1.42 bits per heavy atom. The number of para-hydroxylation sites is 1. The van der Waals surface area contributed by atoms with Gasteiger partial charge in [0.1, 0.15) is 5.75 Å². The first-order valence-electron chi connectivity index (χ1n) is 6.65. The lowest BCUT2D eigenvalue weighted by Gasteiger charge is -2.23. The molecule has 0 aliphatic carbocycles. The highest BCUT2D eigenvalue weighted by Crippen LogP contribution is 2.28. The molecule has 1 aromatic carbocycles. The molecule has 1 N–H and O–H groups in total. The first kappa shape index (κ1) is 14.3. The number of rotatable bonds is 5. The lowest BCUT2D eigenvalue weighted by Crippen LogP contribution is -2.33. The van der Waals surface area contributed by atoms with E-state index in [1.54, 1.807) is 7.11 Å². The van der Waals surface area contributed by atoms with E-state index in [0.717, 1.165) is 17.7 Å². The van der Waals surface area contributed by atoms with Gasteiger partial charge in [-0.05, 0) is 18.9 Å². The monoisotopic (exact) mass is 283 g/mol. The Morgan fingerprint density at radius 3 is 2.74 bits per heavy atom. The molecular formula is C14H21NO3S. The van der Waals surface area contributed by atoms with Crippen molar-refractivity contribution in [3.8, 4) is 5.75 Å². The minimum absolute atomic E-state index is 0.0554. The quantitative estimate of drug-likeness (QED) is 0.897. The minimum Gasteiger partial charge on any atom is -0.496 e. The smallest absolute Gasteiger partial charge is 0.151 e. The van der Waals surface area contributed by atoms with Crippen molar-refractivity contribution < 1.29 is 13.2 Å². The zero-order valence-electron chi connectivity index (χ0n) is 11.4. The molecule has 0 spiro atoms. The molecule has 4 nitrogen and oxygen atoms in total. The summed E-state index contributed by atoms with van der Waals surface area (Å²) in [5, 5.41) is 3.45. The van der Waals surface area contributed by atoms with Gasteiger partial charge < -0.3 is 10.1 Å². The van der Waals surface area contributed by atoms with Gasteiger partial charge in [-0.25, -0.2) is 8.42 Å². The van der Waals surface area contributed by atoms with Crippen molar-refractivity contribution in [2.45, 2.75) is 31.8 Å². The predicted molar refractivity (Wildman–Crippen MR) is 76.2 cm³/mol. The van der Waals surface area contributed by atoms with Crippen molar-refractivity contribution in [3.63, 3.8) is 0 Å². The van der Waals surface area contributed by atoms with Crippen LogP contribution in [-0.2, 0) is 9.84 Å². The fourth-order valence-electron chi connectivity index (χ4n) is 2.59. The van der Waals surface area contributed by atoms with E-state index in [0.29, 0.717) is 12.2 Å². The van der Waals surface area contributed by atoms with Crippen LogP contribution < -0.4 is 10.1 Å². The van der Waals surface area contributed by atoms with E-state index in [2.05, 4.69) is 12.2 Å². The fraction of sp³-hybridized carbons (Fsp3) is 0.571.